The van der Waals surface area contributed by atoms with Gasteiger partial charge < -0.3 is 19.7 Å². The van der Waals surface area contributed by atoms with Crippen LogP contribution in [0.1, 0.15) is 18.2 Å². The van der Waals surface area contributed by atoms with Crippen molar-refractivity contribution in [3.8, 4) is 11.5 Å². The first-order valence-electron chi connectivity index (χ1n) is 11.3. The van der Waals surface area contributed by atoms with E-state index in [1.807, 2.05) is 24.4 Å². The lowest BCUT2D eigenvalue weighted by Crippen LogP contribution is -2.39. The number of benzene rings is 2. The molecule has 1 aromatic heterocycles. The van der Waals surface area contributed by atoms with Gasteiger partial charge in [-0.1, -0.05) is 12.1 Å². The first kappa shape index (κ1) is 24.3. The Hall–Kier alpha value is -3.85. The summed E-state index contributed by atoms with van der Waals surface area (Å²) in [5, 5.41) is 4.78. The smallest absolute Gasteiger partial charge is 0.332 e. The lowest BCUT2D eigenvalue weighted by atomic mass is 10.1. The Morgan fingerprint density at radius 3 is 2.54 bits per heavy atom. The van der Waals surface area contributed by atoms with E-state index in [0.717, 1.165) is 9.78 Å². The highest BCUT2D eigenvalue weighted by atomic mass is 32.1. The van der Waals surface area contributed by atoms with Gasteiger partial charge in [0.25, 0.3) is 5.91 Å². The van der Waals surface area contributed by atoms with Crippen molar-refractivity contribution in [2.24, 2.45) is 0 Å². The van der Waals surface area contributed by atoms with Gasteiger partial charge in [-0.15, -0.1) is 11.3 Å². The molecule has 3 aromatic rings. The predicted octanol–water partition coefficient (Wildman–Crippen LogP) is 4.56. The molecular weight excluding hydrogens is 466 g/mol. The van der Waals surface area contributed by atoms with E-state index >= 15 is 0 Å². The molecule has 2 aromatic carbocycles. The maximum absolute atomic E-state index is 13.4. The van der Waals surface area contributed by atoms with E-state index in [4.69, 9.17) is 9.47 Å². The number of nitrogens with zero attached hydrogens (tertiary/aromatic N) is 2. The zero-order valence-corrected chi connectivity index (χ0v) is 20.4. The monoisotopic (exact) mass is 493 g/mol. The number of thiophene rings is 1. The molecule has 0 radical (unpaired) electrons. The maximum atomic E-state index is 13.4. The summed E-state index contributed by atoms with van der Waals surface area (Å²) < 4.78 is 10.7. The van der Waals surface area contributed by atoms with Crippen LogP contribution in [0.3, 0.4) is 0 Å². The quantitative estimate of drug-likeness (QED) is 0.418. The molecule has 0 bridgehead atoms. The van der Waals surface area contributed by atoms with Crippen molar-refractivity contribution in [2.75, 3.05) is 30.5 Å². The van der Waals surface area contributed by atoms with E-state index in [1.54, 1.807) is 59.9 Å². The number of hydrogen-bond acceptors (Lipinski definition) is 6. The molecule has 4 amide bonds. The number of urea groups is 1. The highest BCUT2D eigenvalue weighted by Gasteiger charge is 2.46. The largest absolute Gasteiger partial charge is 0.497 e. The highest BCUT2D eigenvalue weighted by molar-refractivity contribution is 7.09. The van der Waals surface area contributed by atoms with E-state index in [2.05, 4.69) is 5.32 Å². The maximum Gasteiger partial charge on any atom is 0.332 e. The Bertz CT molecular complexity index is 1180. The van der Waals surface area contributed by atoms with E-state index < -0.39 is 18.0 Å². The summed E-state index contributed by atoms with van der Waals surface area (Å²) in [7, 11) is 1.52. The first-order chi connectivity index (χ1) is 17.0. The van der Waals surface area contributed by atoms with Gasteiger partial charge in [-0.2, -0.15) is 0 Å². The van der Waals surface area contributed by atoms with Crippen LogP contribution in [0.5, 0.6) is 11.5 Å². The van der Waals surface area contributed by atoms with Crippen LogP contribution >= 0.6 is 11.3 Å². The molecule has 2 heterocycles. The Kier molecular flexibility index (Phi) is 7.67. The molecule has 0 spiro atoms. The lowest BCUT2D eigenvalue weighted by molar-refractivity contribution is -0.124. The van der Waals surface area contributed by atoms with Crippen LogP contribution in [-0.4, -0.2) is 49.0 Å². The highest BCUT2D eigenvalue weighted by Crippen LogP contribution is 2.30. The number of anilines is 2. The Morgan fingerprint density at radius 1 is 1.06 bits per heavy atom. The van der Waals surface area contributed by atoms with Crippen molar-refractivity contribution in [3.05, 3.63) is 70.9 Å². The zero-order chi connectivity index (χ0) is 24.8. The fourth-order valence-electron chi connectivity index (χ4n) is 3.95. The number of nitrogens with one attached hydrogen (secondary N) is 1. The summed E-state index contributed by atoms with van der Waals surface area (Å²) in [5.41, 5.74) is 1.000. The average Bonchev–Trinajstić information content (AvgIpc) is 3.46. The summed E-state index contributed by atoms with van der Waals surface area (Å²) in [6.07, 6.45) is 0.447. The molecule has 35 heavy (non-hydrogen) atoms. The minimum atomic E-state index is -0.906. The number of imide groups is 1. The minimum Gasteiger partial charge on any atom is -0.497 e. The third kappa shape index (κ3) is 5.63. The van der Waals surface area contributed by atoms with Gasteiger partial charge in [-0.3, -0.25) is 9.59 Å². The molecule has 1 atom stereocenters. The first-order valence-corrected chi connectivity index (χ1v) is 12.2. The van der Waals surface area contributed by atoms with Crippen LogP contribution in [0, 0.1) is 0 Å². The van der Waals surface area contributed by atoms with Crippen LogP contribution in [0.2, 0.25) is 0 Å². The average molecular weight is 494 g/mol. The zero-order valence-electron chi connectivity index (χ0n) is 19.6. The van der Waals surface area contributed by atoms with E-state index in [0.29, 0.717) is 42.4 Å². The molecule has 1 fully saturated rings. The Balaban J connectivity index is 1.53. The Labute approximate surface area is 208 Å². The van der Waals surface area contributed by atoms with Crippen LogP contribution < -0.4 is 19.7 Å². The van der Waals surface area contributed by atoms with E-state index in [-0.39, 0.29) is 12.3 Å². The van der Waals surface area contributed by atoms with E-state index in [9.17, 15) is 14.4 Å². The number of amides is 4. The van der Waals surface area contributed by atoms with Crippen molar-refractivity contribution in [1.82, 2.24) is 4.90 Å². The Morgan fingerprint density at radius 2 is 1.86 bits per heavy atom. The summed E-state index contributed by atoms with van der Waals surface area (Å²) in [6.45, 7) is 2.77. The van der Waals surface area contributed by atoms with Gasteiger partial charge in [0, 0.05) is 23.2 Å². The summed E-state index contributed by atoms with van der Waals surface area (Å²) >= 11 is 1.59. The third-order valence-electron chi connectivity index (χ3n) is 5.64. The van der Waals surface area contributed by atoms with Crippen LogP contribution in [-0.2, 0) is 16.0 Å². The molecule has 8 nitrogen and oxygen atoms in total. The summed E-state index contributed by atoms with van der Waals surface area (Å²) in [6, 6.07) is 16.4. The van der Waals surface area contributed by atoms with Gasteiger partial charge in [-0.05, 0) is 61.2 Å². The number of hydrogen-bond donors (Lipinski definition) is 1. The summed E-state index contributed by atoms with van der Waals surface area (Å²) in [4.78, 5) is 43.4. The molecule has 1 aliphatic heterocycles. The standard InChI is InChI=1S/C26H27N3O5S/c1-3-34-20-11-9-18(10-12-20)27-24(30)17-23-25(31)29(19-6-4-7-21(16-19)33-2)26(32)28(23)14-13-22-8-5-15-35-22/h4-12,15-16,23H,3,13-14,17H2,1-2H3,(H,27,30)/t23-/m0/s1. The molecular formula is C26H27N3O5S. The van der Waals surface area contributed by atoms with Crippen molar-refractivity contribution in [3.63, 3.8) is 0 Å². The number of carbonyl (C=O) groups is 3. The fourth-order valence-corrected chi connectivity index (χ4v) is 4.65. The molecule has 1 aliphatic rings. The van der Waals surface area contributed by atoms with E-state index in [1.165, 1.54) is 12.0 Å². The van der Waals surface area contributed by atoms with Crippen molar-refractivity contribution >= 4 is 40.6 Å². The SMILES string of the molecule is CCOc1ccc(NC(=O)C[C@H]2C(=O)N(c3cccc(OC)c3)C(=O)N2CCc2cccs2)cc1. The molecule has 0 aliphatic carbocycles. The lowest BCUT2D eigenvalue weighted by Gasteiger charge is -2.21. The molecule has 4 rings (SSSR count). The van der Waals surface area contributed by atoms with Gasteiger partial charge in [0.1, 0.15) is 17.5 Å². The molecule has 9 heteroatoms. The molecule has 0 unspecified atom stereocenters. The van der Waals surface area contributed by atoms with Crippen molar-refractivity contribution in [1.29, 1.82) is 0 Å². The molecule has 1 saturated heterocycles. The van der Waals surface area contributed by atoms with Gasteiger partial charge in [-0.25, -0.2) is 9.69 Å². The third-order valence-corrected chi connectivity index (χ3v) is 6.57. The van der Waals surface area contributed by atoms with Crippen molar-refractivity contribution < 1.29 is 23.9 Å². The second-order valence-electron chi connectivity index (χ2n) is 7.91. The number of rotatable bonds is 10. The second kappa shape index (κ2) is 11.1. The summed E-state index contributed by atoms with van der Waals surface area (Å²) in [5.74, 6) is 0.450. The fraction of sp³-hybridized carbons (Fsp3) is 0.269. The van der Waals surface area contributed by atoms with Crippen molar-refractivity contribution in [2.45, 2.75) is 25.8 Å². The number of methoxy groups -OCH3 is 1. The van der Waals surface area contributed by atoms with Crippen LogP contribution in [0.15, 0.2) is 66.0 Å². The number of carbonyl (C=O) groups excluding carboxylic acids is 3. The minimum absolute atomic E-state index is 0.150. The molecule has 1 N–H and O–H groups in total. The topological polar surface area (TPSA) is 88.2 Å². The van der Waals surface area contributed by atoms with Gasteiger partial charge in [0.05, 0.1) is 25.8 Å². The van der Waals surface area contributed by atoms with Gasteiger partial charge >= 0.3 is 6.03 Å². The predicted molar refractivity (Wildman–Crippen MR) is 135 cm³/mol. The van der Waals surface area contributed by atoms with Gasteiger partial charge in [0.2, 0.25) is 5.91 Å². The van der Waals surface area contributed by atoms with Crippen LogP contribution in [0.4, 0.5) is 16.2 Å². The van der Waals surface area contributed by atoms with Gasteiger partial charge in [0.15, 0.2) is 0 Å². The normalized spacial score (nSPS) is 15.4. The molecule has 0 saturated carbocycles. The van der Waals surface area contributed by atoms with Crippen LogP contribution in [0.25, 0.3) is 0 Å². The second-order valence-corrected chi connectivity index (χ2v) is 8.94. The molecule has 182 valence electrons. The number of ether oxygens (including phenoxy) is 2.